The van der Waals surface area contributed by atoms with E-state index in [1.807, 2.05) is 60.5 Å². The molecule has 0 saturated heterocycles. The van der Waals surface area contributed by atoms with Crippen molar-refractivity contribution < 1.29 is 0 Å². The minimum atomic E-state index is 0.638. The molecule has 4 heteroatoms. The highest BCUT2D eigenvalue weighted by atomic mass is 35.5. The molecule has 0 saturated carbocycles. The standard InChI is InChI=1S/C17H12ClN3/c1-21(16-5-3-2-4-12(16)11-19)17-8-9-20-15-10-13(18)6-7-14(15)17/h2-10H,1H3. The molecule has 0 fully saturated rings. The van der Waals surface area contributed by atoms with Crippen molar-refractivity contribution in [1.29, 1.82) is 5.26 Å². The molecule has 0 aliphatic heterocycles. The zero-order valence-electron chi connectivity index (χ0n) is 11.4. The first-order chi connectivity index (χ1) is 10.2. The van der Waals surface area contributed by atoms with Gasteiger partial charge in [-0.2, -0.15) is 5.26 Å². The highest BCUT2D eigenvalue weighted by molar-refractivity contribution is 6.31. The molecule has 0 bridgehead atoms. The first kappa shape index (κ1) is 13.4. The number of fused-ring (bicyclic) bond motifs is 1. The number of nitriles is 1. The number of hydrogen-bond acceptors (Lipinski definition) is 3. The summed E-state index contributed by atoms with van der Waals surface area (Å²) >= 11 is 6.02. The lowest BCUT2D eigenvalue weighted by molar-refractivity contribution is 1.20. The van der Waals surface area contributed by atoms with Crippen molar-refractivity contribution in [2.75, 3.05) is 11.9 Å². The summed E-state index contributed by atoms with van der Waals surface area (Å²) in [4.78, 5) is 6.34. The summed E-state index contributed by atoms with van der Waals surface area (Å²) in [5.41, 5.74) is 3.32. The van der Waals surface area contributed by atoms with E-state index in [4.69, 9.17) is 11.6 Å². The second kappa shape index (κ2) is 5.43. The van der Waals surface area contributed by atoms with Crippen molar-refractivity contribution in [3.05, 3.63) is 65.3 Å². The lowest BCUT2D eigenvalue weighted by Gasteiger charge is -2.22. The minimum Gasteiger partial charge on any atom is -0.343 e. The highest BCUT2D eigenvalue weighted by Gasteiger charge is 2.12. The average Bonchev–Trinajstić information content (AvgIpc) is 2.53. The van der Waals surface area contributed by atoms with Gasteiger partial charge in [0.1, 0.15) is 6.07 Å². The summed E-state index contributed by atoms with van der Waals surface area (Å²) in [6.07, 6.45) is 1.75. The lowest BCUT2D eigenvalue weighted by Crippen LogP contribution is -2.11. The molecule has 0 unspecified atom stereocenters. The molecule has 2 aromatic carbocycles. The number of benzene rings is 2. The molecule has 3 nitrogen and oxygen atoms in total. The van der Waals surface area contributed by atoms with Crippen LogP contribution < -0.4 is 4.90 Å². The number of pyridine rings is 1. The van der Waals surface area contributed by atoms with Crippen molar-refractivity contribution in [2.24, 2.45) is 0 Å². The van der Waals surface area contributed by atoms with Crippen molar-refractivity contribution in [1.82, 2.24) is 4.98 Å². The summed E-state index contributed by atoms with van der Waals surface area (Å²) in [6, 6.07) is 17.3. The van der Waals surface area contributed by atoms with Crippen LogP contribution >= 0.6 is 11.6 Å². The van der Waals surface area contributed by atoms with Gasteiger partial charge < -0.3 is 4.90 Å². The smallest absolute Gasteiger partial charge is 0.101 e. The van der Waals surface area contributed by atoms with E-state index in [0.717, 1.165) is 22.3 Å². The van der Waals surface area contributed by atoms with Gasteiger partial charge in [0.05, 0.1) is 22.5 Å². The lowest BCUT2D eigenvalue weighted by atomic mass is 10.1. The van der Waals surface area contributed by atoms with Crippen LogP contribution in [0.25, 0.3) is 10.9 Å². The zero-order valence-corrected chi connectivity index (χ0v) is 12.2. The molecule has 1 aromatic heterocycles. The number of hydrogen-bond donors (Lipinski definition) is 0. The van der Waals surface area contributed by atoms with Crippen LogP contribution in [-0.2, 0) is 0 Å². The van der Waals surface area contributed by atoms with Crippen LogP contribution in [0, 0.1) is 11.3 Å². The maximum Gasteiger partial charge on any atom is 0.101 e. The van der Waals surface area contributed by atoms with Crippen molar-refractivity contribution in [3.63, 3.8) is 0 Å². The number of halogens is 1. The van der Waals surface area contributed by atoms with Crippen molar-refractivity contribution in [3.8, 4) is 6.07 Å². The summed E-state index contributed by atoms with van der Waals surface area (Å²) in [6.45, 7) is 0. The van der Waals surface area contributed by atoms with E-state index in [2.05, 4.69) is 11.1 Å². The quantitative estimate of drug-likeness (QED) is 0.697. The first-order valence-electron chi connectivity index (χ1n) is 6.48. The molecule has 0 N–H and O–H groups in total. The summed E-state index contributed by atoms with van der Waals surface area (Å²) in [5, 5.41) is 10.9. The fourth-order valence-corrected chi connectivity index (χ4v) is 2.56. The van der Waals surface area contributed by atoms with E-state index in [0.29, 0.717) is 10.6 Å². The molecule has 0 amide bonds. The average molecular weight is 294 g/mol. The Balaban J connectivity index is 2.18. The third-order valence-electron chi connectivity index (χ3n) is 3.43. The SMILES string of the molecule is CN(c1ccccc1C#N)c1ccnc2cc(Cl)ccc12. The Morgan fingerprint density at radius 3 is 2.71 bits per heavy atom. The fraction of sp³-hybridized carbons (Fsp3) is 0.0588. The van der Waals surface area contributed by atoms with Gasteiger partial charge in [0.2, 0.25) is 0 Å². The van der Waals surface area contributed by atoms with Gasteiger partial charge in [-0.05, 0) is 36.4 Å². The molecule has 0 aliphatic carbocycles. The monoisotopic (exact) mass is 293 g/mol. The normalized spacial score (nSPS) is 10.3. The van der Waals surface area contributed by atoms with E-state index >= 15 is 0 Å². The number of para-hydroxylation sites is 1. The summed E-state index contributed by atoms with van der Waals surface area (Å²) in [7, 11) is 1.94. The fourth-order valence-electron chi connectivity index (χ4n) is 2.39. The van der Waals surface area contributed by atoms with E-state index in [-0.39, 0.29) is 0 Å². The van der Waals surface area contributed by atoms with Gasteiger partial charge in [0.15, 0.2) is 0 Å². The maximum atomic E-state index is 9.26. The summed E-state index contributed by atoms with van der Waals surface area (Å²) < 4.78 is 0. The maximum absolute atomic E-state index is 9.26. The van der Waals surface area contributed by atoms with E-state index < -0.39 is 0 Å². The molecule has 0 atom stereocenters. The van der Waals surface area contributed by atoms with Crippen LogP contribution in [0.1, 0.15) is 5.56 Å². The van der Waals surface area contributed by atoms with Gasteiger partial charge in [-0.3, -0.25) is 4.98 Å². The van der Waals surface area contributed by atoms with Gasteiger partial charge >= 0.3 is 0 Å². The Hall–Kier alpha value is -2.57. The van der Waals surface area contributed by atoms with Crippen molar-refractivity contribution >= 4 is 33.9 Å². The Morgan fingerprint density at radius 2 is 1.90 bits per heavy atom. The topological polar surface area (TPSA) is 39.9 Å². The van der Waals surface area contributed by atoms with Gasteiger partial charge in [0, 0.05) is 23.7 Å². The van der Waals surface area contributed by atoms with E-state index in [1.165, 1.54) is 0 Å². The predicted octanol–water partition coefficient (Wildman–Crippen LogP) is 4.53. The van der Waals surface area contributed by atoms with Gasteiger partial charge in [0.25, 0.3) is 0 Å². The third-order valence-corrected chi connectivity index (χ3v) is 3.66. The molecule has 0 spiro atoms. The Kier molecular flexibility index (Phi) is 3.47. The van der Waals surface area contributed by atoms with E-state index in [1.54, 1.807) is 6.20 Å². The highest BCUT2D eigenvalue weighted by Crippen LogP contribution is 2.32. The van der Waals surface area contributed by atoms with Crippen LogP contribution in [0.2, 0.25) is 5.02 Å². The molecule has 0 radical (unpaired) electrons. The van der Waals surface area contributed by atoms with Crippen LogP contribution in [0.3, 0.4) is 0 Å². The van der Waals surface area contributed by atoms with E-state index in [9.17, 15) is 5.26 Å². The Morgan fingerprint density at radius 1 is 1.10 bits per heavy atom. The third kappa shape index (κ3) is 2.42. The second-order valence-electron chi connectivity index (χ2n) is 4.68. The second-order valence-corrected chi connectivity index (χ2v) is 5.12. The Bertz CT molecular complexity index is 852. The number of aromatic nitrogens is 1. The molecule has 102 valence electrons. The van der Waals surface area contributed by atoms with Gasteiger partial charge in [-0.25, -0.2) is 0 Å². The van der Waals surface area contributed by atoms with Crippen LogP contribution in [-0.4, -0.2) is 12.0 Å². The van der Waals surface area contributed by atoms with Crippen LogP contribution in [0.15, 0.2) is 54.7 Å². The molecule has 1 heterocycles. The largest absolute Gasteiger partial charge is 0.343 e. The minimum absolute atomic E-state index is 0.638. The molecule has 21 heavy (non-hydrogen) atoms. The van der Waals surface area contributed by atoms with Gasteiger partial charge in [-0.1, -0.05) is 23.7 Å². The van der Waals surface area contributed by atoms with Crippen LogP contribution in [0.5, 0.6) is 0 Å². The predicted molar refractivity (Wildman–Crippen MR) is 86.0 cm³/mol. The summed E-state index contributed by atoms with van der Waals surface area (Å²) in [5.74, 6) is 0. The van der Waals surface area contributed by atoms with Gasteiger partial charge in [-0.15, -0.1) is 0 Å². The van der Waals surface area contributed by atoms with Crippen molar-refractivity contribution in [2.45, 2.75) is 0 Å². The zero-order chi connectivity index (χ0) is 14.8. The van der Waals surface area contributed by atoms with Crippen LogP contribution in [0.4, 0.5) is 11.4 Å². The molecule has 0 aliphatic rings. The number of nitrogens with zero attached hydrogens (tertiary/aromatic N) is 3. The molecule has 3 rings (SSSR count). The molecular weight excluding hydrogens is 282 g/mol. The Labute approximate surface area is 128 Å². The molecule has 3 aromatic rings. The number of rotatable bonds is 2. The number of anilines is 2. The first-order valence-corrected chi connectivity index (χ1v) is 6.85. The molecular formula is C17H12ClN3.